The highest BCUT2D eigenvalue weighted by molar-refractivity contribution is 6.05. The van der Waals surface area contributed by atoms with Crippen molar-refractivity contribution in [2.24, 2.45) is 0 Å². The van der Waals surface area contributed by atoms with Gasteiger partial charge >= 0.3 is 0 Å². The Morgan fingerprint density at radius 3 is 1.36 bits per heavy atom. The van der Waals surface area contributed by atoms with Crippen molar-refractivity contribution in [1.29, 1.82) is 0 Å². The first-order valence-corrected chi connectivity index (χ1v) is 8.45. The zero-order valence-electron chi connectivity index (χ0n) is 14.0. The van der Waals surface area contributed by atoms with Crippen molar-refractivity contribution in [3.05, 3.63) is 46.8 Å². The molecule has 3 rings (SSSR count). The second-order valence-electron chi connectivity index (χ2n) is 5.82. The molecule has 1 aromatic carbocycles. The second-order valence-corrected chi connectivity index (χ2v) is 5.82. The number of rotatable bonds is 4. The maximum atomic E-state index is 4.92. The first kappa shape index (κ1) is 15.0. The van der Waals surface area contributed by atoms with Crippen LogP contribution in [0.15, 0.2) is 24.3 Å². The van der Waals surface area contributed by atoms with E-state index in [1.165, 1.54) is 33.3 Å². The SMILES string of the molecule is CCc1cc(CC)c2ccc3c(CC)cc(CC)nc3c2n1. The number of hydrogen-bond donors (Lipinski definition) is 0. The van der Waals surface area contributed by atoms with Crippen LogP contribution in [-0.2, 0) is 25.7 Å². The van der Waals surface area contributed by atoms with Gasteiger partial charge in [-0.15, -0.1) is 0 Å². The summed E-state index contributed by atoms with van der Waals surface area (Å²) in [6, 6.07) is 8.96. The summed E-state index contributed by atoms with van der Waals surface area (Å²) in [6.45, 7) is 8.76. The van der Waals surface area contributed by atoms with E-state index in [1.54, 1.807) is 0 Å². The molecule has 2 heterocycles. The Hall–Kier alpha value is -1.96. The lowest BCUT2D eigenvalue weighted by Gasteiger charge is -2.12. The molecule has 0 radical (unpaired) electrons. The molecule has 114 valence electrons. The Kier molecular flexibility index (Phi) is 4.10. The molecule has 0 aliphatic rings. The van der Waals surface area contributed by atoms with Gasteiger partial charge in [0, 0.05) is 22.2 Å². The molecule has 0 bridgehead atoms. The number of fused-ring (bicyclic) bond motifs is 3. The summed E-state index contributed by atoms with van der Waals surface area (Å²) in [4.78, 5) is 9.84. The van der Waals surface area contributed by atoms with Gasteiger partial charge in [-0.3, -0.25) is 9.97 Å². The Balaban J connectivity index is 2.47. The number of pyridine rings is 2. The van der Waals surface area contributed by atoms with Crippen LogP contribution in [0.4, 0.5) is 0 Å². The second kappa shape index (κ2) is 6.04. The first-order valence-electron chi connectivity index (χ1n) is 8.45. The number of hydrogen-bond acceptors (Lipinski definition) is 2. The fourth-order valence-corrected chi connectivity index (χ4v) is 3.18. The summed E-state index contributed by atoms with van der Waals surface area (Å²) >= 11 is 0. The lowest BCUT2D eigenvalue weighted by atomic mass is 9.99. The number of aromatic nitrogens is 2. The summed E-state index contributed by atoms with van der Waals surface area (Å²) in [7, 11) is 0. The fraction of sp³-hybridized carbons (Fsp3) is 0.400. The van der Waals surface area contributed by atoms with Crippen molar-refractivity contribution in [1.82, 2.24) is 9.97 Å². The fourth-order valence-electron chi connectivity index (χ4n) is 3.18. The summed E-state index contributed by atoms with van der Waals surface area (Å²) < 4.78 is 0. The monoisotopic (exact) mass is 292 g/mol. The topological polar surface area (TPSA) is 25.8 Å². The Morgan fingerprint density at radius 2 is 1.05 bits per heavy atom. The van der Waals surface area contributed by atoms with Crippen molar-refractivity contribution in [2.75, 3.05) is 0 Å². The van der Waals surface area contributed by atoms with Gasteiger partial charge in [-0.1, -0.05) is 39.8 Å². The Labute approximate surface area is 132 Å². The van der Waals surface area contributed by atoms with Gasteiger partial charge in [0.25, 0.3) is 0 Å². The Morgan fingerprint density at radius 1 is 0.636 bits per heavy atom. The molecule has 0 spiro atoms. The molecule has 0 atom stereocenters. The molecule has 0 unspecified atom stereocenters. The standard InChI is InChI=1S/C20H24N2/c1-5-13-11-15(7-3)21-19-17(13)9-10-18-14(6-2)12-16(8-4)22-20(18)19/h9-12H,5-8H2,1-4H3. The van der Waals surface area contributed by atoms with E-state index < -0.39 is 0 Å². The smallest absolute Gasteiger partial charge is 0.0970 e. The van der Waals surface area contributed by atoms with Crippen molar-refractivity contribution >= 4 is 21.8 Å². The predicted molar refractivity (Wildman–Crippen MR) is 94.6 cm³/mol. The van der Waals surface area contributed by atoms with E-state index in [2.05, 4.69) is 52.0 Å². The highest BCUT2D eigenvalue weighted by Crippen LogP contribution is 2.29. The van der Waals surface area contributed by atoms with Crippen LogP contribution in [0.2, 0.25) is 0 Å². The minimum atomic E-state index is 0.966. The minimum Gasteiger partial charge on any atom is -0.251 e. The molecule has 0 saturated carbocycles. The third-order valence-corrected chi connectivity index (χ3v) is 4.52. The largest absolute Gasteiger partial charge is 0.251 e. The quantitative estimate of drug-likeness (QED) is 0.630. The zero-order valence-corrected chi connectivity index (χ0v) is 14.0. The molecule has 0 fully saturated rings. The van der Waals surface area contributed by atoms with Crippen LogP contribution < -0.4 is 0 Å². The van der Waals surface area contributed by atoms with E-state index in [0.717, 1.165) is 36.7 Å². The van der Waals surface area contributed by atoms with E-state index in [-0.39, 0.29) is 0 Å². The first-order chi connectivity index (χ1) is 10.7. The predicted octanol–water partition coefficient (Wildman–Crippen LogP) is 5.03. The molecule has 0 aliphatic heterocycles. The number of benzene rings is 1. The van der Waals surface area contributed by atoms with Crippen LogP contribution >= 0.6 is 0 Å². The molecule has 0 saturated heterocycles. The molecule has 0 amide bonds. The molecule has 0 aliphatic carbocycles. The van der Waals surface area contributed by atoms with Crippen molar-refractivity contribution in [3.63, 3.8) is 0 Å². The lowest BCUT2D eigenvalue weighted by molar-refractivity contribution is 1.02. The third kappa shape index (κ3) is 2.37. The Bertz CT molecular complexity index is 763. The van der Waals surface area contributed by atoms with Crippen molar-refractivity contribution in [2.45, 2.75) is 53.4 Å². The van der Waals surface area contributed by atoms with E-state index >= 15 is 0 Å². The van der Waals surface area contributed by atoms with Gasteiger partial charge in [-0.2, -0.15) is 0 Å². The van der Waals surface area contributed by atoms with Crippen LogP contribution in [0.3, 0.4) is 0 Å². The van der Waals surface area contributed by atoms with Crippen LogP contribution in [0.1, 0.15) is 50.2 Å². The molecule has 3 aromatic rings. The lowest BCUT2D eigenvalue weighted by Crippen LogP contribution is -1.99. The van der Waals surface area contributed by atoms with E-state index in [9.17, 15) is 0 Å². The molecule has 2 aromatic heterocycles. The third-order valence-electron chi connectivity index (χ3n) is 4.52. The summed E-state index contributed by atoms with van der Waals surface area (Å²) in [6.07, 6.45) is 4.00. The minimum absolute atomic E-state index is 0.966. The average molecular weight is 292 g/mol. The van der Waals surface area contributed by atoms with Gasteiger partial charge in [-0.05, 0) is 48.9 Å². The summed E-state index contributed by atoms with van der Waals surface area (Å²) in [5.74, 6) is 0. The van der Waals surface area contributed by atoms with Crippen molar-refractivity contribution in [3.8, 4) is 0 Å². The number of aryl methyl sites for hydroxylation is 4. The highest BCUT2D eigenvalue weighted by Gasteiger charge is 2.12. The van der Waals surface area contributed by atoms with Crippen LogP contribution in [0, 0.1) is 0 Å². The van der Waals surface area contributed by atoms with Crippen LogP contribution in [-0.4, -0.2) is 9.97 Å². The van der Waals surface area contributed by atoms with Gasteiger partial charge in [0.05, 0.1) is 11.0 Å². The average Bonchev–Trinajstić information content (AvgIpc) is 2.59. The summed E-state index contributed by atoms with van der Waals surface area (Å²) in [5, 5.41) is 2.52. The molecule has 2 nitrogen and oxygen atoms in total. The van der Waals surface area contributed by atoms with Gasteiger partial charge in [0.1, 0.15) is 0 Å². The van der Waals surface area contributed by atoms with Crippen LogP contribution in [0.5, 0.6) is 0 Å². The maximum absolute atomic E-state index is 4.92. The van der Waals surface area contributed by atoms with E-state index in [1.807, 2.05) is 0 Å². The zero-order chi connectivity index (χ0) is 15.7. The molecule has 0 N–H and O–H groups in total. The molecular weight excluding hydrogens is 268 g/mol. The highest BCUT2D eigenvalue weighted by atomic mass is 14.8. The normalized spacial score (nSPS) is 11.5. The van der Waals surface area contributed by atoms with E-state index in [0.29, 0.717) is 0 Å². The molecule has 2 heteroatoms. The maximum Gasteiger partial charge on any atom is 0.0970 e. The molecular formula is C20H24N2. The summed E-state index contributed by atoms with van der Waals surface area (Å²) in [5.41, 5.74) is 7.26. The van der Waals surface area contributed by atoms with Gasteiger partial charge in [0.2, 0.25) is 0 Å². The molecule has 22 heavy (non-hydrogen) atoms. The van der Waals surface area contributed by atoms with Gasteiger partial charge in [-0.25, -0.2) is 0 Å². The van der Waals surface area contributed by atoms with Crippen molar-refractivity contribution < 1.29 is 0 Å². The van der Waals surface area contributed by atoms with Gasteiger partial charge < -0.3 is 0 Å². The van der Waals surface area contributed by atoms with E-state index in [4.69, 9.17) is 9.97 Å². The number of nitrogens with zero attached hydrogens (tertiary/aromatic N) is 2. The van der Waals surface area contributed by atoms with Crippen LogP contribution in [0.25, 0.3) is 21.8 Å². The van der Waals surface area contributed by atoms with Gasteiger partial charge in [0.15, 0.2) is 0 Å².